The Bertz CT molecular complexity index is 3060. The van der Waals surface area contributed by atoms with Crippen LogP contribution in [-0.2, 0) is 10.8 Å². The van der Waals surface area contributed by atoms with Crippen LogP contribution in [0.3, 0.4) is 0 Å². The first-order valence-electron chi connectivity index (χ1n) is 20.7. The predicted molar refractivity (Wildman–Crippen MR) is 251 cm³/mol. The van der Waals surface area contributed by atoms with Gasteiger partial charge in [-0.15, -0.1) is 0 Å². The first kappa shape index (κ1) is 35.9. The van der Waals surface area contributed by atoms with E-state index in [4.69, 9.17) is 0 Å². The van der Waals surface area contributed by atoms with Crippen LogP contribution < -0.4 is 4.90 Å². The molecule has 1 aliphatic carbocycles. The molecule has 1 nitrogen and oxygen atoms in total. The van der Waals surface area contributed by atoms with E-state index >= 15 is 0 Å². The van der Waals surface area contributed by atoms with Gasteiger partial charge in [-0.3, -0.25) is 0 Å². The molecule has 0 radical (unpaired) electrons. The van der Waals surface area contributed by atoms with E-state index in [9.17, 15) is 0 Å². The van der Waals surface area contributed by atoms with Gasteiger partial charge < -0.3 is 4.90 Å². The van der Waals surface area contributed by atoms with E-state index in [2.05, 4.69) is 223 Å². The Balaban J connectivity index is 1.18. The first-order chi connectivity index (χ1) is 27.9. The van der Waals surface area contributed by atoms with Gasteiger partial charge in [-0.1, -0.05) is 157 Å². The standard InChI is InChI=1S/C57H49N/c1-36-25-27-42(57(5,6)7)33-53(36)58(43-22-16-21-41(32-43)56(2,3)4)44-28-26-39-30-47-48(31-40(39)29-44)50-35-52-51(34-49(47)50)54(37-17-10-8-11-18-37)45-23-14-15-24-46(45)55(52)38-19-12-9-13-20-38/h8-35H,1-7H3. The second-order valence-electron chi connectivity index (χ2n) is 18.3. The topological polar surface area (TPSA) is 3.24 Å². The van der Waals surface area contributed by atoms with Crippen LogP contribution >= 0.6 is 0 Å². The molecular formula is C57H49N. The van der Waals surface area contributed by atoms with E-state index in [1.807, 2.05) is 0 Å². The van der Waals surface area contributed by atoms with Crippen LogP contribution in [0, 0.1) is 6.92 Å². The maximum atomic E-state index is 2.48. The van der Waals surface area contributed by atoms with Crippen molar-refractivity contribution in [3.05, 3.63) is 187 Å². The van der Waals surface area contributed by atoms with Gasteiger partial charge in [0.25, 0.3) is 0 Å². The first-order valence-corrected chi connectivity index (χ1v) is 20.7. The summed E-state index contributed by atoms with van der Waals surface area (Å²) in [5.41, 5.74) is 17.9. The molecule has 0 spiro atoms. The van der Waals surface area contributed by atoms with Crippen molar-refractivity contribution in [1.82, 2.24) is 0 Å². The van der Waals surface area contributed by atoms with Gasteiger partial charge >= 0.3 is 0 Å². The third kappa shape index (κ3) is 5.92. The lowest BCUT2D eigenvalue weighted by molar-refractivity contribution is 0.590. The second-order valence-corrected chi connectivity index (χ2v) is 18.3. The SMILES string of the molecule is Cc1ccc(C(C)(C)C)cc1N(c1cccc(C(C)(C)C)c1)c1ccc2cc3c(cc2c1)-c1cc2c(-c4ccccc4)c4ccccc4c(-c4ccccc4)c2cc1-3. The Morgan fingerprint density at radius 3 is 1.43 bits per heavy atom. The summed E-state index contributed by atoms with van der Waals surface area (Å²) in [4.78, 5) is 2.47. The molecule has 58 heavy (non-hydrogen) atoms. The lowest BCUT2D eigenvalue weighted by Crippen LogP contribution is -2.17. The summed E-state index contributed by atoms with van der Waals surface area (Å²) in [5, 5.41) is 7.65. The van der Waals surface area contributed by atoms with Gasteiger partial charge in [-0.25, -0.2) is 0 Å². The normalized spacial score (nSPS) is 12.4. The van der Waals surface area contributed by atoms with E-state index < -0.39 is 0 Å². The predicted octanol–water partition coefficient (Wildman–Crippen LogP) is 16.5. The molecule has 10 rings (SSSR count). The average Bonchev–Trinajstić information content (AvgIpc) is 3.22. The highest BCUT2D eigenvalue weighted by molar-refractivity contribution is 6.24. The summed E-state index contributed by atoms with van der Waals surface area (Å²) in [6.07, 6.45) is 0. The van der Waals surface area contributed by atoms with E-state index in [1.54, 1.807) is 0 Å². The van der Waals surface area contributed by atoms with Gasteiger partial charge in [-0.2, -0.15) is 0 Å². The van der Waals surface area contributed by atoms with Crippen molar-refractivity contribution in [2.75, 3.05) is 4.90 Å². The third-order valence-electron chi connectivity index (χ3n) is 12.4. The lowest BCUT2D eigenvalue weighted by atomic mass is 9.75. The second kappa shape index (κ2) is 13.3. The maximum Gasteiger partial charge on any atom is 0.0493 e. The maximum absolute atomic E-state index is 2.48. The summed E-state index contributed by atoms with van der Waals surface area (Å²) in [7, 11) is 0. The molecule has 0 amide bonds. The van der Waals surface area contributed by atoms with Crippen LogP contribution in [0.1, 0.15) is 58.2 Å². The van der Waals surface area contributed by atoms with Crippen LogP contribution in [0.25, 0.3) is 76.8 Å². The number of rotatable bonds is 5. The highest BCUT2D eigenvalue weighted by Gasteiger charge is 2.28. The van der Waals surface area contributed by atoms with Crippen molar-refractivity contribution in [3.63, 3.8) is 0 Å². The number of anilines is 3. The zero-order valence-corrected chi connectivity index (χ0v) is 34.6. The van der Waals surface area contributed by atoms with Gasteiger partial charge in [0, 0.05) is 17.1 Å². The molecule has 0 fully saturated rings. The molecular weight excluding hydrogens is 699 g/mol. The molecule has 0 unspecified atom stereocenters. The van der Waals surface area contributed by atoms with Crippen molar-refractivity contribution in [2.45, 2.75) is 59.3 Å². The molecule has 9 aromatic rings. The van der Waals surface area contributed by atoms with Crippen LogP contribution in [-0.4, -0.2) is 0 Å². The fourth-order valence-corrected chi connectivity index (χ4v) is 9.16. The third-order valence-corrected chi connectivity index (χ3v) is 12.4. The van der Waals surface area contributed by atoms with Crippen molar-refractivity contribution in [2.24, 2.45) is 0 Å². The molecule has 9 aromatic carbocycles. The Kier molecular flexibility index (Phi) is 8.25. The van der Waals surface area contributed by atoms with Crippen molar-refractivity contribution in [3.8, 4) is 44.5 Å². The summed E-state index contributed by atoms with van der Waals surface area (Å²) in [6, 6.07) is 63.8. The van der Waals surface area contributed by atoms with Gasteiger partial charge in [0.1, 0.15) is 0 Å². The summed E-state index contributed by atoms with van der Waals surface area (Å²) >= 11 is 0. The number of fused-ring (bicyclic) bond motifs is 7. The summed E-state index contributed by atoms with van der Waals surface area (Å²) in [6.45, 7) is 16.0. The molecule has 0 atom stereocenters. The Morgan fingerprint density at radius 2 is 0.862 bits per heavy atom. The van der Waals surface area contributed by atoms with Gasteiger partial charge in [0.15, 0.2) is 0 Å². The molecule has 1 heteroatoms. The smallest absolute Gasteiger partial charge is 0.0493 e. The van der Waals surface area contributed by atoms with Crippen LogP contribution in [0.2, 0.25) is 0 Å². The molecule has 0 bridgehead atoms. The Morgan fingerprint density at radius 1 is 0.362 bits per heavy atom. The summed E-state index contributed by atoms with van der Waals surface area (Å²) in [5.74, 6) is 0. The molecule has 1 aliphatic rings. The number of hydrogen-bond donors (Lipinski definition) is 0. The zero-order chi connectivity index (χ0) is 39.9. The minimum atomic E-state index is 0.0269. The molecule has 0 aliphatic heterocycles. The molecule has 0 aromatic heterocycles. The molecule has 282 valence electrons. The number of nitrogens with zero attached hydrogens (tertiary/aromatic N) is 1. The fourth-order valence-electron chi connectivity index (χ4n) is 9.16. The summed E-state index contributed by atoms with van der Waals surface area (Å²) < 4.78 is 0. The zero-order valence-electron chi connectivity index (χ0n) is 34.6. The van der Waals surface area contributed by atoms with E-state index in [0.29, 0.717) is 0 Å². The molecule has 0 saturated heterocycles. The molecule has 0 saturated carbocycles. The van der Waals surface area contributed by atoms with Gasteiger partial charge in [-0.05, 0) is 166 Å². The van der Waals surface area contributed by atoms with Crippen LogP contribution in [0.5, 0.6) is 0 Å². The fraction of sp³-hybridized carbons (Fsp3) is 0.158. The Hall–Kier alpha value is -6.44. The largest absolute Gasteiger partial charge is 0.310 e. The number of benzene rings is 9. The lowest BCUT2D eigenvalue weighted by Gasteiger charge is -2.31. The van der Waals surface area contributed by atoms with Crippen LogP contribution in [0.4, 0.5) is 17.1 Å². The molecule has 0 N–H and O–H groups in total. The minimum absolute atomic E-state index is 0.0269. The average molecular weight is 748 g/mol. The van der Waals surface area contributed by atoms with E-state index in [0.717, 1.165) is 5.69 Å². The highest BCUT2D eigenvalue weighted by Crippen LogP contribution is 2.54. The van der Waals surface area contributed by atoms with E-state index in [1.165, 1.54) is 105 Å². The quantitative estimate of drug-likeness (QED) is 0.159. The van der Waals surface area contributed by atoms with Crippen molar-refractivity contribution in [1.29, 1.82) is 0 Å². The molecule has 0 heterocycles. The van der Waals surface area contributed by atoms with Gasteiger partial charge in [0.05, 0.1) is 0 Å². The Labute approximate surface area is 343 Å². The number of aryl methyl sites for hydroxylation is 1. The van der Waals surface area contributed by atoms with Gasteiger partial charge in [0.2, 0.25) is 0 Å². The monoisotopic (exact) mass is 747 g/mol. The van der Waals surface area contributed by atoms with E-state index in [-0.39, 0.29) is 10.8 Å². The number of hydrogen-bond acceptors (Lipinski definition) is 1. The van der Waals surface area contributed by atoms with Crippen molar-refractivity contribution >= 4 is 49.4 Å². The van der Waals surface area contributed by atoms with Crippen molar-refractivity contribution < 1.29 is 0 Å². The highest BCUT2D eigenvalue weighted by atomic mass is 15.1. The minimum Gasteiger partial charge on any atom is -0.310 e. The van der Waals surface area contributed by atoms with Crippen LogP contribution in [0.15, 0.2) is 170 Å².